The minimum Gasteiger partial charge on any atom is -0.399 e. The lowest BCUT2D eigenvalue weighted by Gasteiger charge is -2.34. The quantitative estimate of drug-likeness (QED) is 0.542. The molecule has 3 rings (SSSR count). The van der Waals surface area contributed by atoms with Gasteiger partial charge in [0.15, 0.2) is 0 Å². The minimum absolute atomic E-state index is 0. The molecule has 1 saturated heterocycles. The summed E-state index contributed by atoms with van der Waals surface area (Å²) < 4.78 is 39.4. The van der Waals surface area contributed by atoms with Gasteiger partial charge in [-0.2, -0.15) is 18.2 Å². The first kappa shape index (κ1) is 25.5. The summed E-state index contributed by atoms with van der Waals surface area (Å²) in [5.41, 5.74) is 5.78. The molecule has 2 heterocycles. The molecule has 4 N–H and O–H groups in total. The van der Waals surface area contributed by atoms with Crippen LogP contribution in [-0.2, 0) is 17.4 Å². The van der Waals surface area contributed by atoms with Crippen molar-refractivity contribution in [1.29, 1.82) is 0 Å². The lowest BCUT2D eigenvalue weighted by molar-refractivity contribution is -0.137. The van der Waals surface area contributed by atoms with Crippen molar-refractivity contribution in [3.8, 4) is 0 Å². The highest BCUT2D eigenvalue weighted by Crippen LogP contribution is 2.33. The summed E-state index contributed by atoms with van der Waals surface area (Å²) >= 11 is 0. The number of aromatic nitrogens is 2. The predicted octanol–water partition coefficient (Wildman–Crippen LogP) is 4.30. The van der Waals surface area contributed by atoms with E-state index in [1.54, 1.807) is 0 Å². The number of benzene rings is 1. The third kappa shape index (κ3) is 6.88. The van der Waals surface area contributed by atoms with Gasteiger partial charge in [-0.1, -0.05) is 13.3 Å². The van der Waals surface area contributed by atoms with Crippen molar-refractivity contribution >= 4 is 41.5 Å². The van der Waals surface area contributed by atoms with Crippen LogP contribution in [-0.4, -0.2) is 35.0 Å². The van der Waals surface area contributed by atoms with Gasteiger partial charge in [-0.3, -0.25) is 4.79 Å². The molecule has 0 saturated carbocycles. The van der Waals surface area contributed by atoms with E-state index >= 15 is 0 Å². The van der Waals surface area contributed by atoms with Gasteiger partial charge in [0.25, 0.3) is 0 Å². The number of rotatable bonds is 6. The topological polar surface area (TPSA) is 96.2 Å². The largest absolute Gasteiger partial charge is 0.416 e. The van der Waals surface area contributed by atoms with E-state index in [0.717, 1.165) is 43.6 Å². The summed E-state index contributed by atoms with van der Waals surface area (Å²) in [5, 5.41) is 5.82. The summed E-state index contributed by atoms with van der Waals surface area (Å²) in [6, 6.07) is 5.21. The maximum atomic E-state index is 13.1. The second kappa shape index (κ2) is 10.7. The molecule has 11 heteroatoms. The maximum Gasteiger partial charge on any atom is 0.416 e. The van der Waals surface area contributed by atoms with Gasteiger partial charge in [0.05, 0.1) is 5.56 Å². The molecule has 0 spiro atoms. The summed E-state index contributed by atoms with van der Waals surface area (Å²) in [5.74, 6) is 0.808. The van der Waals surface area contributed by atoms with Crippen molar-refractivity contribution in [3.05, 3.63) is 35.5 Å². The van der Waals surface area contributed by atoms with Crippen molar-refractivity contribution in [2.45, 2.75) is 51.7 Å². The predicted molar refractivity (Wildman–Crippen MR) is 121 cm³/mol. The molecule has 176 valence electrons. The third-order valence-corrected chi connectivity index (χ3v) is 4.96. The Morgan fingerprint density at radius 2 is 2.00 bits per heavy atom. The fraction of sp³-hybridized carbons (Fsp3) is 0.476. The Balaban J connectivity index is 0.00000363. The molecule has 1 aliphatic heterocycles. The Morgan fingerprint density at radius 3 is 2.66 bits per heavy atom. The van der Waals surface area contributed by atoms with E-state index in [1.807, 2.05) is 13.0 Å². The van der Waals surface area contributed by atoms with Crippen molar-refractivity contribution < 1.29 is 18.0 Å². The summed E-state index contributed by atoms with van der Waals surface area (Å²) in [6.45, 7) is 4.90. The number of nitrogens with two attached hydrogens (primary N) is 1. The molecule has 1 fully saturated rings. The number of nitrogens with zero attached hydrogens (tertiary/aromatic N) is 3. The van der Waals surface area contributed by atoms with E-state index in [9.17, 15) is 18.0 Å². The zero-order valence-electron chi connectivity index (χ0n) is 18.0. The Morgan fingerprint density at radius 1 is 1.25 bits per heavy atom. The number of alkyl halides is 3. The summed E-state index contributed by atoms with van der Waals surface area (Å²) in [4.78, 5) is 22.5. The van der Waals surface area contributed by atoms with Crippen LogP contribution in [0, 0.1) is 0 Å². The number of anilines is 4. The van der Waals surface area contributed by atoms with Crippen LogP contribution in [0.4, 0.5) is 36.3 Å². The molecule has 1 amide bonds. The first-order chi connectivity index (χ1) is 14.6. The fourth-order valence-corrected chi connectivity index (χ4v) is 3.69. The van der Waals surface area contributed by atoms with Crippen LogP contribution in [0.25, 0.3) is 0 Å². The van der Waals surface area contributed by atoms with Crippen LogP contribution in [0.3, 0.4) is 0 Å². The Bertz CT molecular complexity index is 940. The molecule has 7 nitrogen and oxygen atoms in total. The number of nitrogen functional groups attached to an aromatic ring is 1. The van der Waals surface area contributed by atoms with Crippen LogP contribution < -0.4 is 21.3 Å². The first-order valence-electron chi connectivity index (χ1n) is 10.3. The standard InChI is InChI=1S/C21H27F3N6O.ClH/c1-3-5-16-11-19(30-7-4-6-17(12-30)26-13(2)31)29-20(27-16)28-18-9-14(21(22,23)24)8-15(25)10-18;/h8-11,17H,3-7,12,25H2,1-2H3,(H,26,31)(H,27,28,29);1H. The lowest BCUT2D eigenvalue weighted by atomic mass is 10.1. The van der Waals surface area contributed by atoms with E-state index in [-0.39, 0.29) is 41.7 Å². The van der Waals surface area contributed by atoms with Crippen LogP contribution >= 0.6 is 12.4 Å². The van der Waals surface area contributed by atoms with E-state index in [4.69, 9.17) is 5.73 Å². The first-order valence-corrected chi connectivity index (χ1v) is 10.3. The van der Waals surface area contributed by atoms with Crippen LogP contribution in [0.1, 0.15) is 44.4 Å². The van der Waals surface area contributed by atoms with Crippen molar-refractivity contribution in [1.82, 2.24) is 15.3 Å². The Kier molecular flexibility index (Phi) is 8.54. The van der Waals surface area contributed by atoms with Crippen LogP contribution in [0.15, 0.2) is 24.3 Å². The smallest absolute Gasteiger partial charge is 0.399 e. The number of carbonyl (C=O) groups excluding carboxylic acids is 1. The number of hydrogen-bond acceptors (Lipinski definition) is 6. The van der Waals surface area contributed by atoms with Crippen molar-refractivity contribution in [3.63, 3.8) is 0 Å². The molecule has 1 aromatic heterocycles. The average molecular weight is 473 g/mol. The molecular weight excluding hydrogens is 445 g/mol. The highest BCUT2D eigenvalue weighted by atomic mass is 35.5. The van der Waals surface area contributed by atoms with Crippen LogP contribution in [0.5, 0.6) is 0 Å². The summed E-state index contributed by atoms with van der Waals surface area (Å²) in [6.07, 6.45) is -1.16. The van der Waals surface area contributed by atoms with Crippen LogP contribution in [0.2, 0.25) is 0 Å². The molecule has 32 heavy (non-hydrogen) atoms. The second-order valence-corrected chi connectivity index (χ2v) is 7.74. The molecule has 2 aromatic rings. The van der Waals surface area contributed by atoms with Gasteiger partial charge in [-0.25, -0.2) is 4.98 Å². The molecule has 1 aliphatic rings. The van der Waals surface area contributed by atoms with Gasteiger partial charge >= 0.3 is 6.18 Å². The van der Waals surface area contributed by atoms with Gasteiger partial charge in [-0.05, 0) is 37.5 Å². The molecule has 1 atom stereocenters. The van der Waals surface area contributed by atoms with Crippen molar-refractivity contribution in [2.75, 3.05) is 29.0 Å². The lowest BCUT2D eigenvalue weighted by Crippen LogP contribution is -2.47. The normalized spacial score (nSPS) is 16.3. The summed E-state index contributed by atoms with van der Waals surface area (Å²) in [7, 11) is 0. The molecule has 0 aliphatic carbocycles. The third-order valence-electron chi connectivity index (χ3n) is 4.96. The molecule has 1 unspecified atom stereocenters. The van der Waals surface area contributed by atoms with E-state index < -0.39 is 11.7 Å². The zero-order chi connectivity index (χ0) is 22.6. The molecular formula is C21H28ClF3N6O. The monoisotopic (exact) mass is 472 g/mol. The number of aryl methyl sites for hydroxylation is 1. The second-order valence-electron chi connectivity index (χ2n) is 7.74. The molecule has 1 aromatic carbocycles. The highest BCUT2D eigenvalue weighted by Gasteiger charge is 2.31. The maximum absolute atomic E-state index is 13.1. The number of piperidine rings is 1. The SMILES string of the molecule is CCCc1cc(N2CCCC(NC(C)=O)C2)nc(Nc2cc(N)cc(C(F)(F)F)c2)n1.Cl. The van der Waals surface area contributed by atoms with Gasteiger partial charge in [0, 0.05) is 49.2 Å². The fourth-order valence-electron chi connectivity index (χ4n) is 3.69. The number of nitrogens with one attached hydrogen (secondary N) is 2. The number of hydrogen-bond donors (Lipinski definition) is 3. The average Bonchev–Trinajstić information content (AvgIpc) is 2.66. The minimum atomic E-state index is -4.51. The Labute approximate surface area is 191 Å². The van der Waals surface area contributed by atoms with Crippen molar-refractivity contribution in [2.24, 2.45) is 0 Å². The van der Waals surface area contributed by atoms with Gasteiger partial charge in [0.2, 0.25) is 11.9 Å². The number of carbonyl (C=O) groups is 1. The number of amides is 1. The van der Waals surface area contributed by atoms with E-state index in [0.29, 0.717) is 18.8 Å². The highest BCUT2D eigenvalue weighted by molar-refractivity contribution is 5.85. The zero-order valence-corrected chi connectivity index (χ0v) is 18.8. The number of halogens is 4. The van der Waals surface area contributed by atoms with Gasteiger partial charge in [-0.15, -0.1) is 12.4 Å². The van der Waals surface area contributed by atoms with Gasteiger partial charge in [0.1, 0.15) is 5.82 Å². The van der Waals surface area contributed by atoms with E-state index in [2.05, 4.69) is 25.5 Å². The molecule has 0 bridgehead atoms. The molecule has 0 radical (unpaired) electrons. The van der Waals surface area contributed by atoms with E-state index in [1.165, 1.54) is 13.0 Å². The Hall–Kier alpha value is -2.75. The van der Waals surface area contributed by atoms with Gasteiger partial charge < -0.3 is 21.3 Å².